The number of carbonyl (C=O) groups excluding carboxylic acids is 2. The normalized spacial score (nSPS) is 14.7. The van der Waals surface area contributed by atoms with Crippen LogP contribution in [0.15, 0.2) is 132 Å². The maximum absolute atomic E-state index is 13.6. The minimum absolute atomic E-state index is 0.0509. The summed E-state index contributed by atoms with van der Waals surface area (Å²) >= 11 is 0. The monoisotopic (exact) mass is 706 g/mol. The number of nitro benzene ring substituents is 1. The lowest BCUT2D eigenvalue weighted by Crippen LogP contribution is -2.32. The number of hydrogen-bond acceptors (Lipinski definition) is 10. The van der Waals surface area contributed by atoms with E-state index in [0.717, 1.165) is 16.7 Å². The van der Waals surface area contributed by atoms with Crippen LogP contribution in [0.5, 0.6) is 5.75 Å². The van der Waals surface area contributed by atoms with Crippen molar-refractivity contribution in [1.82, 2.24) is 5.32 Å². The molecule has 5 rings (SSSR count). The van der Waals surface area contributed by atoms with Gasteiger partial charge >= 0.3 is 11.9 Å². The number of benzene rings is 4. The number of nitro groups is 1. The van der Waals surface area contributed by atoms with Crippen molar-refractivity contribution in [2.45, 2.75) is 52.1 Å². The Hall–Kier alpha value is -5.78. The highest BCUT2D eigenvalue weighted by Crippen LogP contribution is 2.40. The van der Waals surface area contributed by atoms with Crippen LogP contribution in [0.4, 0.5) is 5.69 Å². The van der Waals surface area contributed by atoms with Crippen LogP contribution in [0.3, 0.4) is 0 Å². The number of methoxy groups -OCH3 is 1. The maximum atomic E-state index is 13.6. The largest absolute Gasteiger partial charge is 0.466 e. The van der Waals surface area contributed by atoms with Crippen molar-refractivity contribution >= 4 is 17.6 Å². The molecule has 52 heavy (non-hydrogen) atoms. The predicted molar refractivity (Wildman–Crippen MR) is 194 cm³/mol. The number of non-ortho nitro benzene ring substituents is 1. The lowest BCUT2D eigenvalue weighted by atomic mass is 9.80. The van der Waals surface area contributed by atoms with Gasteiger partial charge in [0.15, 0.2) is 0 Å². The highest BCUT2D eigenvalue weighted by Gasteiger charge is 2.38. The number of esters is 2. The van der Waals surface area contributed by atoms with Gasteiger partial charge in [-0.25, -0.2) is 9.59 Å². The van der Waals surface area contributed by atoms with E-state index in [1.54, 1.807) is 19.9 Å². The first kappa shape index (κ1) is 37.5. The summed E-state index contributed by atoms with van der Waals surface area (Å²) in [6.07, 6.45) is 0.383. The van der Waals surface area contributed by atoms with Crippen molar-refractivity contribution in [1.29, 1.82) is 0 Å². The standard InChI is InChI=1S/C41H42N2O9/c1-28-37(40(44)48-3)39(33-15-10-16-34(25-33)43(46)47)38(29(2)42-28)41(45)50-24-21-30-17-19-35(20-18-30)52-36(51-27-32-13-8-5-9-14-32)22-23-49-26-31-11-6-4-7-12-31/h4-20,25,36,39,42H,21-24,26-27H2,1-3H3. The molecule has 0 amide bonds. The summed E-state index contributed by atoms with van der Waals surface area (Å²) in [5.74, 6) is -1.62. The van der Waals surface area contributed by atoms with Gasteiger partial charge in [-0.05, 0) is 48.2 Å². The van der Waals surface area contributed by atoms with E-state index in [1.165, 1.54) is 25.3 Å². The first-order chi connectivity index (χ1) is 25.2. The summed E-state index contributed by atoms with van der Waals surface area (Å²) in [7, 11) is 1.24. The number of dihydropyridines is 1. The van der Waals surface area contributed by atoms with Crippen molar-refractivity contribution in [2.75, 3.05) is 20.3 Å². The van der Waals surface area contributed by atoms with Gasteiger partial charge in [-0.3, -0.25) is 10.1 Å². The summed E-state index contributed by atoms with van der Waals surface area (Å²) in [6.45, 7) is 4.77. The SMILES string of the molecule is COC(=O)C1=C(C)NC(C)=C(C(=O)OCCc2ccc(OC(CCOCc3ccccc3)OCc3ccccc3)cc2)C1c1cccc([N+](=O)[O-])c1. The smallest absolute Gasteiger partial charge is 0.336 e. The second-order valence-electron chi connectivity index (χ2n) is 12.2. The van der Waals surface area contributed by atoms with E-state index in [-0.39, 0.29) is 23.4 Å². The molecule has 1 aliphatic heterocycles. The van der Waals surface area contributed by atoms with Gasteiger partial charge in [0.05, 0.1) is 55.5 Å². The number of nitrogens with zero attached hydrogens (tertiary/aromatic N) is 1. The van der Waals surface area contributed by atoms with Crippen molar-refractivity contribution < 1.29 is 38.2 Å². The Balaban J connectivity index is 1.21. The lowest BCUT2D eigenvalue weighted by molar-refractivity contribution is -0.384. The molecular weight excluding hydrogens is 664 g/mol. The minimum Gasteiger partial charge on any atom is -0.466 e. The Morgan fingerprint density at radius 2 is 1.40 bits per heavy atom. The average Bonchev–Trinajstić information content (AvgIpc) is 3.16. The van der Waals surface area contributed by atoms with E-state index in [1.807, 2.05) is 84.9 Å². The number of hydrogen-bond donors (Lipinski definition) is 1. The van der Waals surface area contributed by atoms with Gasteiger partial charge < -0.3 is 29.0 Å². The third kappa shape index (κ3) is 10.1. The Morgan fingerprint density at radius 1 is 0.769 bits per heavy atom. The molecule has 4 aromatic carbocycles. The number of nitrogens with one attached hydrogen (secondary N) is 1. The van der Waals surface area contributed by atoms with Crippen LogP contribution in [-0.2, 0) is 48.2 Å². The highest BCUT2D eigenvalue weighted by atomic mass is 16.7. The molecule has 0 fully saturated rings. The molecule has 270 valence electrons. The fourth-order valence-electron chi connectivity index (χ4n) is 5.91. The minimum atomic E-state index is -0.932. The predicted octanol–water partition coefficient (Wildman–Crippen LogP) is 7.32. The molecule has 4 aromatic rings. The van der Waals surface area contributed by atoms with Crippen LogP contribution >= 0.6 is 0 Å². The van der Waals surface area contributed by atoms with Gasteiger partial charge in [0.25, 0.3) is 5.69 Å². The number of ether oxygens (including phenoxy) is 5. The van der Waals surface area contributed by atoms with Crippen LogP contribution in [0, 0.1) is 10.1 Å². The molecule has 0 spiro atoms. The molecule has 0 saturated carbocycles. The van der Waals surface area contributed by atoms with Gasteiger partial charge in [0.2, 0.25) is 6.29 Å². The van der Waals surface area contributed by atoms with Crippen molar-refractivity contribution in [3.05, 3.63) is 164 Å². The molecule has 11 nitrogen and oxygen atoms in total. The van der Waals surface area contributed by atoms with E-state index in [0.29, 0.717) is 55.4 Å². The van der Waals surface area contributed by atoms with Crippen LogP contribution in [0.25, 0.3) is 0 Å². The third-order valence-corrected chi connectivity index (χ3v) is 8.50. The third-order valence-electron chi connectivity index (χ3n) is 8.50. The molecular formula is C41H42N2O9. The lowest BCUT2D eigenvalue weighted by Gasteiger charge is -2.30. The van der Waals surface area contributed by atoms with E-state index in [9.17, 15) is 19.7 Å². The molecule has 0 saturated heterocycles. The zero-order valence-corrected chi connectivity index (χ0v) is 29.4. The van der Waals surface area contributed by atoms with Gasteiger partial charge in [-0.15, -0.1) is 0 Å². The molecule has 1 N–H and O–H groups in total. The van der Waals surface area contributed by atoms with E-state index in [4.69, 9.17) is 23.7 Å². The van der Waals surface area contributed by atoms with Crippen LogP contribution < -0.4 is 10.1 Å². The van der Waals surface area contributed by atoms with Gasteiger partial charge in [-0.1, -0.05) is 84.9 Å². The van der Waals surface area contributed by atoms with E-state index >= 15 is 0 Å². The van der Waals surface area contributed by atoms with Crippen molar-refractivity contribution in [3.63, 3.8) is 0 Å². The van der Waals surface area contributed by atoms with Crippen molar-refractivity contribution in [3.8, 4) is 5.75 Å². The second kappa shape index (κ2) is 18.5. The summed E-state index contributed by atoms with van der Waals surface area (Å²) in [5, 5.41) is 14.6. The summed E-state index contributed by atoms with van der Waals surface area (Å²) in [5.41, 5.74) is 4.55. The quantitative estimate of drug-likeness (QED) is 0.0391. The molecule has 1 heterocycles. The van der Waals surface area contributed by atoms with Crippen LogP contribution in [-0.4, -0.2) is 43.5 Å². The molecule has 11 heteroatoms. The van der Waals surface area contributed by atoms with Crippen LogP contribution in [0.2, 0.25) is 0 Å². The summed E-state index contributed by atoms with van der Waals surface area (Å²) in [4.78, 5) is 37.6. The Morgan fingerprint density at radius 3 is 2.04 bits per heavy atom. The Labute approximate surface area is 303 Å². The summed E-state index contributed by atoms with van der Waals surface area (Å²) < 4.78 is 29.0. The van der Waals surface area contributed by atoms with Gasteiger partial charge in [-0.2, -0.15) is 0 Å². The topological polar surface area (TPSA) is 135 Å². The maximum Gasteiger partial charge on any atom is 0.336 e. The highest BCUT2D eigenvalue weighted by molar-refractivity contribution is 5.99. The van der Waals surface area contributed by atoms with Crippen LogP contribution in [0.1, 0.15) is 48.4 Å². The van der Waals surface area contributed by atoms with Crippen molar-refractivity contribution in [2.24, 2.45) is 0 Å². The Bertz CT molecular complexity index is 1890. The number of allylic oxidation sites excluding steroid dienone is 2. The molecule has 0 aromatic heterocycles. The molecule has 2 unspecified atom stereocenters. The first-order valence-corrected chi connectivity index (χ1v) is 16.9. The fourth-order valence-corrected chi connectivity index (χ4v) is 5.91. The zero-order chi connectivity index (χ0) is 36.9. The number of rotatable bonds is 17. The second-order valence-corrected chi connectivity index (χ2v) is 12.2. The Kier molecular flexibility index (Phi) is 13.3. The number of carbonyl (C=O) groups is 2. The molecule has 0 radical (unpaired) electrons. The summed E-state index contributed by atoms with van der Waals surface area (Å²) in [6, 6.07) is 33.2. The van der Waals surface area contributed by atoms with Gasteiger partial charge in [0, 0.05) is 36.4 Å². The molecule has 0 aliphatic carbocycles. The molecule has 2 atom stereocenters. The van der Waals surface area contributed by atoms with Gasteiger partial charge in [0.1, 0.15) is 5.75 Å². The first-order valence-electron chi connectivity index (χ1n) is 16.9. The van der Waals surface area contributed by atoms with E-state index < -0.39 is 29.1 Å². The zero-order valence-electron chi connectivity index (χ0n) is 29.4. The van der Waals surface area contributed by atoms with E-state index in [2.05, 4.69) is 5.32 Å². The molecule has 0 bridgehead atoms. The molecule has 1 aliphatic rings. The fraction of sp³-hybridized carbons (Fsp3) is 0.268. The average molecular weight is 707 g/mol.